The Bertz CT molecular complexity index is 182. The number of hydrogen-bond acceptors (Lipinski definition) is 3. The van der Waals surface area contributed by atoms with Crippen molar-refractivity contribution in [1.29, 1.82) is 0 Å². The van der Waals surface area contributed by atoms with Crippen LogP contribution in [-0.4, -0.2) is 27.9 Å². The molecule has 10 heavy (non-hydrogen) atoms. The number of carbonyl (C=O) groups excluding carboxylic acids is 2. The predicted octanol–water partition coefficient (Wildman–Crippen LogP) is -0.492. The molecular weight excluding hydrogens is 158 g/mol. The number of nitrogens with zero attached hydrogens (tertiary/aromatic N) is 1. The van der Waals surface area contributed by atoms with Gasteiger partial charge in [0.1, 0.15) is 0 Å². The van der Waals surface area contributed by atoms with E-state index in [2.05, 4.69) is 0 Å². The molecule has 1 unspecified atom stereocenters. The summed E-state index contributed by atoms with van der Waals surface area (Å²) in [5.41, 5.74) is 0. The smallest absolute Gasteiger partial charge is 0.249 e. The summed E-state index contributed by atoms with van der Waals surface area (Å²) in [5, 5.41) is 8.51. The van der Waals surface area contributed by atoms with E-state index in [4.69, 9.17) is 16.9 Å². The van der Waals surface area contributed by atoms with Crippen LogP contribution in [0.1, 0.15) is 6.42 Å². The lowest BCUT2D eigenvalue weighted by Gasteiger charge is -2.01. The van der Waals surface area contributed by atoms with Crippen molar-refractivity contribution < 1.29 is 14.7 Å². The fourth-order valence-corrected chi connectivity index (χ4v) is 1.01. The molecule has 1 N–H and O–H groups in total. The van der Waals surface area contributed by atoms with E-state index < -0.39 is 17.7 Å². The molecule has 0 aromatic rings. The zero-order valence-corrected chi connectivity index (χ0v) is 5.84. The molecule has 0 aromatic carbocycles. The highest BCUT2D eigenvalue weighted by Gasteiger charge is 2.37. The van der Waals surface area contributed by atoms with Gasteiger partial charge in [0, 0.05) is 18.2 Å². The van der Waals surface area contributed by atoms with Gasteiger partial charge >= 0.3 is 0 Å². The molecule has 2 amide bonds. The summed E-state index contributed by atoms with van der Waals surface area (Å²) in [6.07, 6.45) is 0.0266. The number of rotatable bonds is 1. The van der Waals surface area contributed by atoms with Crippen molar-refractivity contribution in [2.45, 2.75) is 6.42 Å². The van der Waals surface area contributed by atoms with Crippen molar-refractivity contribution in [3.05, 3.63) is 0 Å². The van der Waals surface area contributed by atoms with E-state index in [9.17, 15) is 9.59 Å². The number of halogens is 1. The standard InChI is InChI=1S/C5H6ClNO3/c6-7-4(9)1-3(2-8)5(7)10/h3,8H,1-2H2. The lowest BCUT2D eigenvalue weighted by molar-refractivity contribution is -0.133. The number of aliphatic hydroxyl groups excluding tert-OH is 1. The van der Waals surface area contributed by atoms with E-state index in [0.717, 1.165) is 0 Å². The molecule has 1 heterocycles. The SMILES string of the molecule is O=C1CC(CO)C(=O)N1Cl. The van der Waals surface area contributed by atoms with Gasteiger partial charge in [-0.3, -0.25) is 9.59 Å². The van der Waals surface area contributed by atoms with Gasteiger partial charge in [0.25, 0.3) is 0 Å². The highest BCUT2D eigenvalue weighted by atomic mass is 35.5. The molecule has 0 saturated carbocycles. The van der Waals surface area contributed by atoms with Crippen molar-refractivity contribution >= 4 is 23.6 Å². The van der Waals surface area contributed by atoms with Crippen LogP contribution in [0.4, 0.5) is 0 Å². The van der Waals surface area contributed by atoms with Gasteiger partial charge in [-0.2, -0.15) is 4.42 Å². The van der Waals surface area contributed by atoms with Gasteiger partial charge in [-0.15, -0.1) is 0 Å². The van der Waals surface area contributed by atoms with Crippen LogP contribution in [0.15, 0.2) is 0 Å². The third-order valence-electron chi connectivity index (χ3n) is 1.40. The molecule has 4 nitrogen and oxygen atoms in total. The summed E-state index contributed by atoms with van der Waals surface area (Å²) in [7, 11) is 0. The van der Waals surface area contributed by atoms with Crippen LogP contribution in [0.2, 0.25) is 0 Å². The maximum Gasteiger partial charge on any atom is 0.249 e. The lowest BCUT2D eigenvalue weighted by Crippen LogP contribution is -2.21. The lowest BCUT2D eigenvalue weighted by atomic mass is 10.1. The van der Waals surface area contributed by atoms with Crippen LogP contribution < -0.4 is 0 Å². The first kappa shape index (κ1) is 7.50. The minimum Gasteiger partial charge on any atom is -0.396 e. The fraction of sp³-hybridized carbons (Fsp3) is 0.600. The topological polar surface area (TPSA) is 57.6 Å². The van der Waals surface area contributed by atoms with Gasteiger partial charge in [-0.25, -0.2) is 0 Å². The Morgan fingerprint density at radius 1 is 1.70 bits per heavy atom. The second-order valence-electron chi connectivity index (χ2n) is 2.10. The van der Waals surface area contributed by atoms with E-state index in [1.165, 1.54) is 0 Å². The third-order valence-corrected chi connectivity index (χ3v) is 1.76. The van der Waals surface area contributed by atoms with Crippen LogP contribution in [0, 0.1) is 5.92 Å². The Morgan fingerprint density at radius 2 is 2.30 bits per heavy atom. The van der Waals surface area contributed by atoms with Gasteiger partial charge in [0.15, 0.2) is 0 Å². The van der Waals surface area contributed by atoms with Gasteiger partial charge in [0.2, 0.25) is 11.8 Å². The minimum atomic E-state index is -0.620. The summed E-state index contributed by atoms with van der Waals surface area (Å²) in [6, 6.07) is 0. The maximum absolute atomic E-state index is 10.8. The fourth-order valence-electron chi connectivity index (χ4n) is 0.804. The summed E-state index contributed by atoms with van der Waals surface area (Å²) < 4.78 is 0.529. The average Bonchev–Trinajstić information content (AvgIpc) is 2.17. The molecule has 5 heteroatoms. The molecule has 1 saturated heterocycles. The van der Waals surface area contributed by atoms with Crippen LogP contribution in [0.25, 0.3) is 0 Å². The van der Waals surface area contributed by atoms with Gasteiger partial charge in [-0.1, -0.05) is 0 Å². The molecule has 0 spiro atoms. The molecule has 56 valence electrons. The van der Waals surface area contributed by atoms with Crippen LogP contribution in [0.5, 0.6) is 0 Å². The summed E-state index contributed by atoms with van der Waals surface area (Å²) in [6.45, 7) is -0.312. The van der Waals surface area contributed by atoms with Gasteiger partial charge in [0.05, 0.1) is 12.5 Å². The Labute approximate surface area is 62.5 Å². The second kappa shape index (κ2) is 2.56. The van der Waals surface area contributed by atoms with E-state index in [1.54, 1.807) is 0 Å². The molecule has 0 aliphatic carbocycles. The quantitative estimate of drug-likeness (QED) is 0.419. The van der Waals surface area contributed by atoms with Crippen LogP contribution in [-0.2, 0) is 9.59 Å². The minimum absolute atomic E-state index is 0.0266. The third kappa shape index (κ3) is 0.998. The number of amides is 2. The highest BCUT2D eigenvalue weighted by molar-refractivity contribution is 6.32. The van der Waals surface area contributed by atoms with Crippen molar-refractivity contribution in [3.63, 3.8) is 0 Å². The van der Waals surface area contributed by atoms with E-state index in [0.29, 0.717) is 4.42 Å². The maximum atomic E-state index is 10.8. The molecule has 0 aromatic heterocycles. The van der Waals surface area contributed by atoms with Crippen LogP contribution in [0.3, 0.4) is 0 Å². The van der Waals surface area contributed by atoms with Gasteiger partial charge in [-0.05, 0) is 0 Å². The molecule has 0 radical (unpaired) electrons. The Morgan fingerprint density at radius 3 is 2.50 bits per heavy atom. The Kier molecular flexibility index (Phi) is 1.92. The molecule has 1 aliphatic rings. The second-order valence-corrected chi connectivity index (χ2v) is 2.43. The van der Waals surface area contributed by atoms with E-state index >= 15 is 0 Å². The first-order valence-corrected chi connectivity index (χ1v) is 3.14. The van der Waals surface area contributed by atoms with Crippen molar-refractivity contribution in [3.8, 4) is 0 Å². The number of hydrogen-bond donors (Lipinski definition) is 1. The number of aliphatic hydroxyl groups is 1. The van der Waals surface area contributed by atoms with Gasteiger partial charge < -0.3 is 5.11 Å². The monoisotopic (exact) mass is 163 g/mol. The number of carbonyl (C=O) groups is 2. The first-order valence-electron chi connectivity index (χ1n) is 2.80. The van der Waals surface area contributed by atoms with Crippen molar-refractivity contribution in [2.24, 2.45) is 5.92 Å². The van der Waals surface area contributed by atoms with E-state index in [-0.39, 0.29) is 13.0 Å². The van der Waals surface area contributed by atoms with Crippen molar-refractivity contribution in [1.82, 2.24) is 4.42 Å². The highest BCUT2D eigenvalue weighted by Crippen LogP contribution is 2.20. The molecule has 1 atom stereocenters. The Balaban J connectivity index is 2.71. The first-order chi connectivity index (χ1) is 4.66. The summed E-state index contributed by atoms with van der Waals surface area (Å²) >= 11 is 5.21. The molecule has 1 aliphatic heterocycles. The van der Waals surface area contributed by atoms with Crippen molar-refractivity contribution in [2.75, 3.05) is 6.61 Å². The molecule has 1 fully saturated rings. The molecule has 0 bridgehead atoms. The largest absolute Gasteiger partial charge is 0.396 e. The van der Waals surface area contributed by atoms with Crippen LogP contribution >= 0.6 is 11.8 Å². The van der Waals surface area contributed by atoms with E-state index in [1.807, 2.05) is 0 Å². The average molecular weight is 164 g/mol. The zero-order valence-electron chi connectivity index (χ0n) is 5.08. The molecule has 1 rings (SSSR count). The number of imide groups is 1. The summed E-state index contributed by atoms with van der Waals surface area (Å²) in [5.74, 6) is -1.56. The Hall–Kier alpha value is -0.610. The normalized spacial score (nSPS) is 26.2. The zero-order chi connectivity index (χ0) is 7.72. The predicted molar refractivity (Wildman–Crippen MR) is 32.9 cm³/mol. The molecular formula is C5H6ClNO3. The summed E-state index contributed by atoms with van der Waals surface area (Å²) in [4.78, 5) is 21.4.